The van der Waals surface area contributed by atoms with E-state index in [1.807, 2.05) is 4.90 Å². The van der Waals surface area contributed by atoms with Crippen molar-refractivity contribution in [1.29, 1.82) is 0 Å². The molecule has 1 amide bonds. The number of morpholine rings is 1. The molecule has 1 saturated carbocycles. The summed E-state index contributed by atoms with van der Waals surface area (Å²) in [5.74, 6) is 1.44. The number of carbonyl (C=O) groups is 1. The number of ether oxygens (including phenoxy) is 3. The fraction of sp³-hybridized carbons (Fsp3) is 0.944. The van der Waals surface area contributed by atoms with Crippen molar-refractivity contribution in [1.82, 2.24) is 14.7 Å². The van der Waals surface area contributed by atoms with Crippen molar-refractivity contribution in [2.24, 2.45) is 17.8 Å². The summed E-state index contributed by atoms with van der Waals surface area (Å²) in [6, 6.07) is 0. The molecule has 0 N–H and O–H groups in total. The quantitative estimate of drug-likeness (QED) is 0.671. The van der Waals surface area contributed by atoms with E-state index in [2.05, 4.69) is 23.9 Å². The molecular weight excluding hydrogens is 322 g/mol. The smallest absolute Gasteiger partial charge is 0.226 e. The van der Waals surface area contributed by atoms with Crippen molar-refractivity contribution in [3.05, 3.63) is 0 Å². The van der Waals surface area contributed by atoms with Crippen LogP contribution in [-0.4, -0.2) is 113 Å². The van der Waals surface area contributed by atoms with Gasteiger partial charge in [-0.25, -0.2) is 0 Å². The van der Waals surface area contributed by atoms with Crippen LogP contribution >= 0.6 is 0 Å². The molecule has 0 aromatic heterocycles. The minimum Gasteiger partial charge on any atom is -0.381 e. The van der Waals surface area contributed by atoms with Crippen molar-refractivity contribution >= 4 is 5.91 Å². The Morgan fingerprint density at radius 1 is 1.12 bits per heavy atom. The zero-order valence-electron chi connectivity index (χ0n) is 15.5. The molecule has 3 saturated heterocycles. The molecule has 0 aromatic carbocycles. The van der Waals surface area contributed by atoms with Crippen molar-refractivity contribution in [2.75, 3.05) is 86.4 Å². The lowest BCUT2D eigenvalue weighted by molar-refractivity contribution is -0.163. The van der Waals surface area contributed by atoms with Gasteiger partial charge in [0.25, 0.3) is 0 Å². The maximum Gasteiger partial charge on any atom is 0.226 e. The van der Waals surface area contributed by atoms with Crippen molar-refractivity contribution in [2.45, 2.75) is 5.60 Å². The van der Waals surface area contributed by atoms with Crippen LogP contribution in [0.4, 0.5) is 0 Å². The van der Waals surface area contributed by atoms with Gasteiger partial charge in [-0.05, 0) is 25.9 Å². The van der Waals surface area contributed by atoms with E-state index in [0.717, 1.165) is 46.0 Å². The maximum absolute atomic E-state index is 12.9. The first-order valence-electron chi connectivity index (χ1n) is 9.53. The van der Waals surface area contributed by atoms with Crippen molar-refractivity contribution in [3.63, 3.8) is 0 Å². The standard InChI is InChI=1S/C18H31N3O4/c1-19(2)3-4-20-5-7-23-13-18(11-20)12-21(6-8-25-18)17(22)16-14-9-24-10-15(14)16/h14-16H,3-13H2,1-2H3/t14-,15+,16?,18?. The average Bonchev–Trinajstić information content (AvgIpc) is 3.15. The molecule has 4 rings (SSSR count). The SMILES string of the molecule is CN(C)CCN1CCOCC2(C1)CN(C(=O)C1[C@H]3COC[C@@H]13)CCO2. The van der Waals surface area contributed by atoms with Crippen LogP contribution in [0.15, 0.2) is 0 Å². The molecule has 0 bridgehead atoms. The number of rotatable bonds is 4. The number of fused-ring (bicyclic) bond motifs is 1. The normalized spacial score (nSPS) is 38.8. The van der Waals surface area contributed by atoms with E-state index in [-0.39, 0.29) is 11.5 Å². The van der Waals surface area contributed by atoms with Crippen LogP contribution < -0.4 is 0 Å². The Hall–Kier alpha value is -0.730. The van der Waals surface area contributed by atoms with Gasteiger partial charge >= 0.3 is 0 Å². The molecule has 142 valence electrons. The van der Waals surface area contributed by atoms with Gasteiger partial charge in [-0.1, -0.05) is 0 Å². The predicted molar refractivity (Wildman–Crippen MR) is 92.4 cm³/mol. The fourth-order valence-electron chi connectivity index (χ4n) is 4.55. The van der Waals surface area contributed by atoms with Gasteiger partial charge in [0, 0.05) is 38.6 Å². The number of amides is 1. The van der Waals surface area contributed by atoms with Gasteiger partial charge in [0.15, 0.2) is 0 Å². The van der Waals surface area contributed by atoms with Gasteiger partial charge in [-0.2, -0.15) is 0 Å². The Morgan fingerprint density at radius 2 is 1.92 bits per heavy atom. The summed E-state index contributed by atoms with van der Waals surface area (Å²) in [7, 11) is 4.19. The van der Waals surface area contributed by atoms with Crippen LogP contribution in [0.2, 0.25) is 0 Å². The Labute approximate surface area is 150 Å². The van der Waals surface area contributed by atoms with Crippen LogP contribution in [0, 0.1) is 17.8 Å². The van der Waals surface area contributed by atoms with E-state index in [0.29, 0.717) is 44.0 Å². The van der Waals surface area contributed by atoms with Crippen molar-refractivity contribution in [3.8, 4) is 0 Å². The summed E-state index contributed by atoms with van der Waals surface area (Å²) in [6.45, 7) is 8.58. The lowest BCUT2D eigenvalue weighted by Crippen LogP contribution is -2.60. The van der Waals surface area contributed by atoms with E-state index in [9.17, 15) is 4.79 Å². The molecule has 1 spiro atoms. The van der Waals surface area contributed by atoms with Crippen LogP contribution in [0.3, 0.4) is 0 Å². The molecule has 0 aromatic rings. The second-order valence-electron chi connectivity index (χ2n) is 8.31. The molecule has 7 nitrogen and oxygen atoms in total. The fourth-order valence-corrected chi connectivity index (χ4v) is 4.55. The Bertz CT molecular complexity index is 493. The van der Waals surface area contributed by atoms with E-state index < -0.39 is 0 Å². The largest absolute Gasteiger partial charge is 0.381 e. The number of carbonyl (C=O) groups excluding carboxylic acids is 1. The van der Waals surface area contributed by atoms with Crippen LogP contribution in [-0.2, 0) is 19.0 Å². The maximum atomic E-state index is 12.9. The number of likely N-dealkylation sites (N-methyl/N-ethyl adjacent to an activating group) is 1. The molecule has 3 aliphatic heterocycles. The number of hydrogen-bond donors (Lipinski definition) is 0. The van der Waals surface area contributed by atoms with Gasteiger partial charge in [-0.15, -0.1) is 0 Å². The molecule has 7 heteroatoms. The van der Waals surface area contributed by atoms with Crippen LogP contribution in [0.1, 0.15) is 0 Å². The molecular formula is C18H31N3O4. The minimum atomic E-state index is -0.378. The summed E-state index contributed by atoms with van der Waals surface area (Å²) in [4.78, 5) is 19.6. The highest BCUT2D eigenvalue weighted by atomic mass is 16.5. The first-order chi connectivity index (χ1) is 12.1. The highest BCUT2D eigenvalue weighted by Gasteiger charge is 2.59. The molecule has 3 heterocycles. The molecule has 4 fully saturated rings. The van der Waals surface area contributed by atoms with Gasteiger partial charge in [0.05, 0.1) is 39.6 Å². The molecule has 25 heavy (non-hydrogen) atoms. The Kier molecular flexibility index (Phi) is 5.03. The topological polar surface area (TPSA) is 54.5 Å². The summed E-state index contributed by atoms with van der Waals surface area (Å²) in [5.41, 5.74) is -0.378. The molecule has 1 aliphatic carbocycles. The number of nitrogens with zero attached hydrogens (tertiary/aromatic N) is 3. The Balaban J connectivity index is 1.38. The summed E-state index contributed by atoms with van der Waals surface area (Å²) in [6.07, 6.45) is 0. The highest BCUT2D eigenvalue weighted by molar-refractivity contribution is 5.82. The van der Waals surface area contributed by atoms with Gasteiger partial charge in [-0.3, -0.25) is 9.69 Å². The number of hydrogen-bond acceptors (Lipinski definition) is 6. The van der Waals surface area contributed by atoms with Gasteiger partial charge < -0.3 is 24.0 Å². The zero-order valence-corrected chi connectivity index (χ0v) is 15.5. The zero-order chi connectivity index (χ0) is 17.4. The highest BCUT2D eigenvalue weighted by Crippen LogP contribution is 2.51. The second-order valence-corrected chi connectivity index (χ2v) is 8.31. The average molecular weight is 353 g/mol. The lowest BCUT2D eigenvalue weighted by Gasteiger charge is -2.43. The predicted octanol–water partition coefficient (Wildman–Crippen LogP) is -0.630. The van der Waals surface area contributed by atoms with E-state index in [1.54, 1.807) is 0 Å². The third kappa shape index (κ3) is 3.71. The second kappa shape index (κ2) is 7.12. The van der Waals surface area contributed by atoms with E-state index >= 15 is 0 Å². The first-order valence-corrected chi connectivity index (χ1v) is 9.53. The monoisotopic (exact) mass is 353 g/mol. The van der Waals surface area contributed by atoms with Crippen LogP contribution in [0.5, 0.6) is 0 Å². The summed E-state index contributed by atoms with van der Waals surface area (Å²) >= 11 is 0. The van der Waals surface area contributed by atoms with Gasteiger partial charge in [0.2, 0.25) is 5.91 Å². The lowest BCUT2D eigenvalue weighted by atomic mass is 10.0. The molecule has 2 unspecified atom stereocenters. The minimum absolute atomic E-state index is 0.195. The molecule has 4 aliphatic rings. The van der Waals surface area contributed by atoms with E-state index in [4.69, 9.17) is 14.2 Å². The third-order valence-corrected chi connectivity index (χ3v) is 6.09. The van der Waals surface area contributed by atoms with Crippen LogP contribution in [0.25, 0.3) is 0 Å². The first kappa shape index (κ1) is 17.7. The third-order valence-electron chi connectivity index (χ3n) is 6.09. The summed E-state index contributed by atoms with van der Waals surface area (Å²) in [5, 5.41) is 0. The Morgan fingerprint density at radius 3 is 2.68 bits per heavy atom. The molecule has 0 radical (unpaired) electrons. The molecule has 4 atom stereocenters. The van der Waals surface area contributed by atoms with Gasteiger partial charge in [0.1, 0.15) is 5.60 Å². The van der Waals surface area contributed by atoms with E-state index in [1.165, 1.54) is 0 Å². The van der Waals surface area contributed by atoms with Crippen molar-refractivity contribution < 1.29 is 19.0 Å². The summed E-state index contributed by atoms with van der Waals surface area (Å²) < 4.78 is 17.5.